The summed E-state index contributed by atoms with van der Waals surface area (Å²) in [5.41, 5.74) is 5.38. The molecule has 0 radical (unpaired) electrons. The molecule has 0 atom stereocenters. The van der Waals surface area contributed by atoms with Crippen molar-refractivity contribution >= 4 is 16.6 Å². The summed E-state index contributed by atoms with van der Waals surface area (Å²) in [4.78, 5) is 27.4. The zero-order chi connectivity index (χ0) is 18.8. The quantitative estimate of drug-likeness (QED) is 0.690. The highest BCUT2D eigenvalue weighted by molar-refractivity contribution is 6.16. The number of nitrogens with one attached hydrogen (secondary N) is 1. The first-order chi connectivity index (χ1) is 12.5. The number of rotatable bonds is 5. The SMILES string of the molecule is CCc1c(CCN)cc(F)c(C(=O)c2cccc3c(=O)[nH]ccc23)c1F. The molecular weight excluding hydrogens is 338 g/mol. The van der Waals surface area contributed by atoms with E-state index in [2.05, 4.69) is 4.98 Å². The van der Waals surface area contributed by atoms with Crippen LogP contribution < -0.4 is 11.3 Å². The first-order valence-electron chi connectivity index (χ1n) is 8.34. The Morgan fingerprint density at radius 2 is 1.96 bits per heavy atom. The third kappa shape index (κ3) is 2.93. The molecular formula is C20H18F2N2O2. The van der Waals surface area contributed by atoms with Crippen molar-refractivity contribution in [2.24, 2.45) is 5.73 Å². The van der Waals surface area contributed by atoms with Crippen LogP contribution in [0.25, 0.3) is 10.8 Å². The molecule has 0 bridgehead atoms. The fourth-order valence-corrected chi connectivity index (χ4v) is 3.23. The molecule has 4 nitrogen and oxygen atoms in total. The predicted octanol–water partition coefficient (Wildman–Crippen LogP) is 3.10. The number of pyridine rings is 1. The molecule has 0 fully saturated rings. The van der Waals surface area contributed by atoms with Gasteiger partial charge in [-0.15, -0.1) is 0 Å². The Hall–Kier alpha value is -2.86. The van der Waals surface area contributed by atoms with Crippen molar-refractivity contribution in [2.75, 3.05) is 6.54 Å². The van der Waals surface area contributed by atoms with E-state index >= 15 is 0 Å². The molecule has 1 heterocycles. The Bertz CT molecular complexity index is 1060. The van der Waals surface area contributed by atoms with Gasteiger partial charge in [0.15, 0.2) is 5.78 Å². The number of fused-ring (bicyclic) bond motifs is 1. The Labute approximate surface area is 148 Å². The lowest BCUT2D eigenvalue weighted by Crippen LogP contribution is -2.15. The van der Waals surface area contributed by atoms with Gasteiger partial charge in [0, 0.05) is 17.1 Å². The number of nitrogens with two attached hydrogens (primary N) is 1. The zero-order valence-electron chi connectivity index (χ0n) is 14.2. The van der Waals surface area contributed by atoms with E-state index < -0.39 is 23.0 Å². The summed E-state index contributed by atoms with van der Waals surface area (Å²) >= 11 is 0. The van der Waals surface area contributed by atoms with Crippen molar-refractivity contribution in [1.82, 2.24) is 4.98 Å². The van der Waals surface area contributed by atoms with Crippen molar-refractivity contribution < 1.29 is 13.6 Å². The Balaban J connectivity index is 2.24. The van der Waals surface area contributed by atoms with Crippen LogP contribution in [0.1, 0.15) is 34.0 Å². The van der Waals surface area contributed by atoms with E-state index in [0.29, 0.717) is 29.4 Å². The van der Waals surface area contributed by atoms with Gasteiger partial charge in [-0.3, -0.25) is 9.59 Å². The summed E-state index contributed by atoms with van der Waals surface area (Å²) in [7, 11) is 0. The van der Waals surface area contributed by atoms with E-state index in [4.69, 9.17) is 5.73 Å². The van der Waals surface area contributed by atoms with Crippen LogP contribution in [0.2, 0.25) is 0 Å². The van der Waals surface area contributed by atoms with E-state index in [1.807, 2.05) is 0 Å². The standard InChI is InChI=1S/C20H18F2N2O2/c1-2-12-11(6-8-23)10-16(21)17(18(12)22)19(25)14-4-3-5-15-13(14)7-9-24-20(15)26/h3-5,7,9-10H,2,6,8,23H2,1H3,(H,24,26). The third-order valence-corrected chi connectivity index (χ3v) is 4.47. The number of hydrogen-bond acceptors (Lipinski definition) is 3. The highest BCUT2D eigenvalue weighted by Crippen LogP contribution is 2.27. The van der Waals surface area contributed by atoms with E-state index in [0.717, 1.165) is 0 Å². The van der Waals surface area contributed by atoms with Gasteiger partial charge in [0.25, 0.3) is 5.56 Å². The van der Waals surface area contributed by atoms with Crippen LogP contribution in [0, 0.1) is 11.6 Å². The van der Waals surface area contributed by atoms with Gasteiger partial charge in [-0.1, -0.05) is 19.1 Å². The van der Waals surface area contributed by atoms with Crippen LogP contribution in [0.4, 0.5) is 8.78 Å². The Morgan fingerprint density at radius 3 is 2.65 bits per heavy atom. The minimum absolute atomic E-state index is 0.0834. The molecule has 1 aromatic heterocycles. The molecule has 26 heavy (non-hydrogen) atoms. The molecule has 0 aliphatic carbocycles. The summed E-state index contributed by atoms with van der Waals surface area (Å²) < 4.78 is 29.6. The van der Waals surface area contributed by atoms with Gasteiger partial charge in [-0.25, -0.2) is 8.78 Å². The number of hydrogen-bond donors (Lipinski definition) is 2. The smallest absolute Gasteiger partial charge is 0.255 e. The number of ketones is 1. The highest BCUT2D eigenvalue weighted by atomic mass is 19.1. The number of benzene rings is 2. The van der Waals surface area contributed by atoms with Gasteiger partial charge in [0.05, 0.1) is 5.56 Å². The summed E-state index contributed by atoms with van der Waals surface area (Å²) in [6.45, 7) is 1.99. The summed E-state index contributed by atoms with van der Waals surface area (Å²) in [5, 5.41) is 0.638. The van der Waals surface area contributed by atoms with Crippen LogP contribution in [-0.2, 0) is 12.8 Å². The van der Waals surface area contributed by atoms with Gasteiger partial charge in [-0.2, -0.15) is 0 Å². The van der Waals surface area contributed by atoms with Crippen molar-refractivity contribution in [3.05, 3.63) is 80.8 Å². The van der Waals surface area contributed by atoms with Crippen LogP contribution in [-0.4, -0.2) is 17.3 Å². The maximum Gasteiger partial charge on any atom is 0.255 e. The molecule has 6 heteroatoms. The molecule has 0 aliphatic rings. The van der Waals surface area contributed by atoms with E-state index in [1.165, 1.54) is 24.4 Å². The maximum atomic E-state index is 15.0. The third-order valence-electron chi connectivity index (χ3n) is 4.47. The second-order valence-corrected chi connectivity index (χ2v) is 5.98. The minimum atomic E-state index is -0.921. The fraction of sp³-hybridized carbons (Fsp3) is 0.200. The number of halogens is 2. The molecule has 3 rings (SSSR count). The molecule has 0 unspecified atom stereocenters. The van der Waals surface area contributed by atoms with Gasteiger partial charge in [-0.05, 0) is 54.1 Å². The van der Waals surface area contributed by atoms with E-state index in [9.17, 15) is 18.4 Å². The normalized spacial score (nSPS) is 11.1. The number of H-pyrrole nitrogens is 1. The largest absolute Gasteiger partial charge is 0.330 e. The van der Waals surface area contributed by atoms with Crippen LogP contribution in [0.5, 0.6) is 0 Å². The lowest BCUT2D eigenvalue weighted by molar-refractivity contribution is 0.103. The van der Waals surface area contributed by atoms with Crippen LogP contribution in [0.3, 0.4) is 0 Å². The average molecular weight is 356 g/mol. The topological polar surface area (TPSA) is 76.0 Å². The molecule has 0 saturated heterocycles. The lowest BCUT2D eigenvalue weighted by Gasteiger charge is -2.14. The first kappa shape index (κ1) is 17.9. The first-order valence-corrected chi connectivity index (χ1v) is 8.34. The van der Waals surface area contributed by atoms with Gasteiger partial charge in [0.1, 0.15) is 11.6 Å². The summed E-state index contributed by atoms with van der Waals surface area (Å²) in [6.07, 6.45) is 2.04. The lowest BCUT2D eigenvalue weighted by atomic mass is 9.92. The second-order valence-electron chi connectivity index (χ2n) is 5.98. The molecule has 2 aromatic carbocycles. The minimum Gasteiger partial charge on any atom is -0.330 e. The number of carbonyl (C=O) groups excluding carboxylic acids is 1. The summed E-state index contributed by atoms with van der Waals surface area (Å²) in [5.74, 6) is -2.57. The van der Waals surface area contributed by atoms with Crippen molar-refractivity contribution in [3.8, 4) is 0 Å². The molecule has 3 N–H and O–H groups in total. The van der Waals surface area contributed by atoms with Crippen LogP contribution in [0.15, 0.2) is 41.3 Å². The number of aromatic nitrogens is 1. The number of aromatic amines is 1. The monoisotopic (exact) mass is 356 g/mol. The molecule has 0 spiro atoms. The van der Waals surface area contributed by atoms with Crippen LogP contribution >= 0.6 is 0 Å². The van der Waals surface area contributed by atoms with Crippen molar-refractivity contribution in [2.45, 2.75) is 19.8 Å². The van der Waals surface area contributed by atoms with E-state index in [1.54, 1.807) is 19.1 Å². The fourth-order valence-electron chi connectivity index (χ4n) is 3.23. The molecule has 0 aliphatic heterocycles. The average Bonchev–Trinajstić information content (AvgIpc) is 2.62. The maximum absolute atomic E-state index is 15.0. The van der Waals surface area contributed by atoms with Gasteiger partial charge < -0.3 is 10.7 Å². The second kappa shape index (κ2) is 7.17. The zero-order valence-corrected chi connectivity index (χ0v) is 14.2. The number of carbonyl (C=O) groups is 1. The summed E-state index contributed by atoms with van der Waals surface area (Å²) in [6, 6.07) is 7.26. The Morgan fingerprint density at radius 1 is 1.19 bits per heavy atom. The highest BCUT2D eigenvalue weighted by Gasteiger charge is 2.25. The van der Waals surface area contributed by atoms with Gasteiger partial charge >= 0.3 is 0 Å². The predicted molar refractivity (Wildman–Crippen MR) is 96.5 cm³/mol. The molecule has 0 amide bonds. The molecule has 134 valence electrons. The van der Waals surface area contributed by atoms with Gasteiger partial charge in [0.2, 0.25) is 0 Å². The molecule has 0 saturated carbocycles. The van der Waals surface area contributed by atoms with E-state index in [-0.39, 0.29) is 23.1 Å². The Kier molecular flexibility index (Phi) is 4.95. The molecule has 3 aromatic rings. The van der Waals surface area contributed by atoms with Crippen molar-refractivity contribution in [1.29, 1.82) is 0 Å². The van der Waals surface area contributed by atoms with Crippen molar-refractivity contribution in [3.63, 3.8) is 0 Å².